The molecule has 0 bridgehead atoms. The molecule has 5 aromatic rings. The lowest BCUT2D eigenvalue weighted by molar-refractivity contribution is 0.0599. The maximum atomic E-state index is 13.6. The molecule has 0 fully saturated rings. The van der Waals surface area contributed by atoms with Gasteiger partial charge in [-0.2, -0.15) is 0 Å². The third kappa shape index (κ3) is 5.87. The molecular formula is C33H25BrN2O6. The summed E-state index contributed by atoms with van der Waals surface area (Å²) >= 11 is 3.45. The van der Waals surface area contributed by atoms with Crippen molar-refractivity contribution in [1.82, 2.24) is 9.88 Å². The predicted octanol–water partition coefficient (Wildman–Crippen LogP) is 5.89. The van der Waals surface area contributed by atoms with Crippen LogP contribution in [0.5, 0.6) is 0 Å². The van der Waals surface area contributed by atoms with Crippen LogP contribution in [0.15, 0.2) is 106 Å². The van der Waals surface area contributed by atoms with Crippen molar-refractivity contribution in [3.8, 4) is 11.1 Å². The Bertz CT molecular complexity index is 1860. The first-order valence-electron chi connectivity index (χ1n) is 13.0. The Hall–Kier alpha value is -5.02. The number of esters is 1. The molecule has 0 aliphatic carbocycles. The average molecular weight is 625 g/mol. The Balaban J connectivity index is 1.43. The molecule has 0 spiro atoms. The molecule has 5 rings (SSSR count). The van der Waals surface area contributed by atoms with Crippen LogP contribution in [0.1, 0.15) is 42.3 Å². The molecule has 0 saturated carbocycles. The molecule has 210 valence electrons. The van der Waals surface area contributed by atoms with Crippen molar-refractivity contribution in [2.24, 2.45) is 0 Å². The van der Waals surface area contributed by atoms with Crippen LogP contribution >= 0.6 is 15.9 Å². The number of aromatic carboxylic acids is 1. The second kappa shape index (κ2) is 12.2. The minimum atomic E-state index is -1.22. The number of pyridine rings is 1. The number of benzene rings is 4. The summed E-state index contributed by atoms with van der Waals surface area (Å²) in [5, 5.41) is 14.1. The van der Waals surface area contributed by atoms with E-state index in [1.54, 1.807) is 66.7 Å². The molecule has 8 nitrogen and oxygen atoms in total. The lowest BCUT2D eigenvalue weighted by Crippen LogP contribution is -2.28. The number of carbonyl (C=O) groups excluding carboxylic acids is 2. The zero-order valence-corrected chi connectivity index (χ0v) is 24.1. The zero-order valence-electron chi connectivity index (χ0n) is 22.5. The second-order valence-electron chi connectivity index (χ2n) is 9.54. The largest absolute Gasteiger partial charge is 0.477 e. The molecule has 0 aliphatic rings. The quantitative estimate of drug-likeness (QED) is 0.208. The highest BCUT2D eigenvalue weighted by atomic mass is 79.9. The van der Waals surface area contributed by atoms with Gasteiger partial charge in [0.15, 0.2) is 0 Å². The fourth-order valence-electron chi connectivity index (χ4n) is 4.79. The number of rotatable bonds is 8. The fraction of sp³-hybridized carbons (Fsp3) is 0.0909. The summed E-state index contributed by atoms with van der Waals surface area (Å²) in [7, 11) is 1.31. The Labute approximate surface area is 249 Å². The van der Waals surface area contributed by atoms with Gasteiger partial charge in [-0.25, -0.2) is 9.59 Å². The third-order valence-electron chi connectivity index (χ3n) is 6.88. The summed E-state index contributed by atoms with van der Waals surface area (Å²) in [5.74, 6) is -1.95. The van der Waals surface area contributed by atoms with Crippen LogP contribution in [0.25, 0.3) is 21.9 Å². The third-order valence-corrected chi connectivity index (χ3v) is 7.38. The molecule has 0 aliphatic heterocycles. The van der Waals surface area contributed by atoms with E-state index in [2.05, 4.69) is 21.2 Å². The van der Waals surface area contributed by atoms with Crippen LogP contribution < -0.4 is 10.9 Å². The number of carbonyl (C=O) groups is 3. The van der Waals surface area contributed by atoms with Gasteiger partial charge in [-0.05, 0) is 64.5 Å². The molecule has 2 N–H and O–H groups in total. The lowest BCUT2D eigenvalue weighted by Gasteiger charge is -2.18. The van der Waals surface area contributed by atoms with Gasteiger partial charge in [0.05, 0.1) is 19.2 Å². The number of hydrogen-bond donors (Lipinski definition) is 2. The summed E-state index contributed by atoms with van der Waals surface area (Å²) in [4.78, 5) is 50.6. The Kier molecular flexibility index (Phi) is 8.31. The number of nitrogens with one attached hydrogen (secondary N) is 1. The van der Waals surface area contributed by atoms with Gasteiger partial charge < -0.3 is 15.2 Å². The van der Waals surface area contributed by atoms with Gasteiger partial charge in [0.2, 0.25) is 0 Å². The minimum absolute atomic E-state index is 0.000740. The number of hydrogen-bond acceptors (Lipinski definition) is 5. The van der Waals surface area contributed by atoms with Crippen molar-refractivity contribution >= 4 is 44.5 Å². The minimum Gasteiger partial charge on any atom is -0.477 e. The van der Waals surface area contributed by atoms with Crippen LogP contribution in [0, 0.1) is 0 Å². The van der Waals surface area contributed by atoms with Gasteiger partial charge in [-0.15, -0.1) is 0 Å². The maximum absolute atomic E-state index is 13.6. The SMILES string of the molecule is COC(=O)c1ccc(CNC(=O)c2ccc(Cn3c(C(=O)O)c(-c4ccccc4)c4cc(Br)ccc4c3=O)cc2)cc1. The van der Waals surface area contributed by atoms with Crippen molar-refractivity contribution in [3.05, 3.63) is 140 Å². The van der Waals surface area contributed by atoms with Crippen LogP contribution in [0.2, 0.25) is 0 Å². The topological polar surface area (TPSA) is 115 Å². The molecule has 9 heteroatoms. The van der Waals surface area contributed by atoms with Gasteiger partial charge in [-0.3, -0.25) is 14.2 Å². The lowest BCUT2D eigenvalue weighted by atomic mass is 9.96. The van der Waals surface area contributed by atoms with E-state index in [4.69, 9.17) is 4.74 Å². The molecular weight excluding hydrogens is 600 g/mol. The Morgan fingerprint density at radius 3 is 2.12 bits per heavy atom. The summed E-state index contributed by atoms with van der Waals surface area (Å²) in [6.45, 7) is 0.260. The van der Waals surface area contributed by atoms with E-state index in [-0.39, 0.29) is 24.7 Å². The molecule has 0 atom stereocenters. The summed E-state index contributed by atoms with van der Waals surface area (Å²) < 4.78 is 6.70. The highest BCUT2D eigenvalue weighted by Gasteiger charge is 2.23. The van der Waals surface area contributed by atoms with Crippen molar-refractivity contribution in [2.45, 2.75) is 13.1 Å². The normalized spacial score (nSPS) is 10.8. The van der Waals surface area contributed by atoms with Crippen molar-refractivity contribution in [3.63, 3.8) is 0 Å². The van der Waals surface area contributed by atoms with Gasteiger partial charge in [0, 0.05) is 27.5 Å². The van der Waals surface area contributed by atoms with Gasteiger partial charge in [-0.1, -0.05) is 70.5 Å². The highest BCUT2D eigenvalue weighted by molar-refractivity contribution is 9.10. The van der Waals surface area contributed by atoms with E-state index < -0.39 is 17.5 Å². The molecule has 0 saturated heterocycles. The van der Waals surface area contributed by atoms with E-state index in [1.807, 2.05) is 30.3 Å². The molecule has 4 aromatic carbocycles. The van der Waals surface area contributed by atoms with E-state index in [9.17, 15) is 24.3 Å². The van der Waals surface area contributed by atoms with Crippen molar-refractivity contribution in [1.29, 1.82) is 0 Å². The number of aromatic nitrogens is 1. The van der Waals surface area contributed by atoms with E-state index in [0.717, 1.165) is 10.0 Å². The van der Waals surface area contributed by atoms with E-state index >= 15 is 0 Å². The first-order chi connectivity index (χ1) is 20.3. The fourth-order valence-corrected chi connectivity index (χ4v) is 5.16. The maximum Gasteiger partial charge on any atom is 0.353 e. The van der Waals surface area contributed by atoms with Crippen LogP contribution in [0.3, 0.4) is 0 Å². The average Bonchev–Trinajstić information content (AvgIpc) is 3.01. The smallest absolute Gasteiger partial charge is 0.353 e. The number of halogens is 1. The van der Waals surface area contributed by atoms with E-state index in [0.29, 0.717) is 38.6 Å². The second-order valence-corrected chi connectivity index (χ2v) is 10.5. The number of methoxy groups -OCH3 is 1. The molecule has 1 aromatic heterocycles. The number of fused-ring (bicyclic) bond motifs is 1. The summed E-state index contributed by atoms with van der Waals surface area (Å²) in [6, 6.07) is 27.7. The first kappa shape index (κ1) is 28.5. The van der Waals surface area contributed by atoms with Crippen LogP contribution in [-0.4, -0.2) is 34.6 Å². The monoisotopic (exact) mass is 624 g/mol. The summed E-state index contributed by atoms with van der Waals surface area (Å²) in [5.41, 5.74) is 2.89. The molecule has 1 amide bonds. The van der Waals surface area contributed by atoms with Gasteiger partial charge in [0.1, 0.15) is 5.69 Å². The summed E-state index contributed by atoms with van der Waals surface area (Å²) in [6.07, 6.45) is 0. The van der Waals surface area contributed by atoms with Crippen LogP contribution in [0.4, 0.5) is 0 Å². The molecule has 0 unspecified atom stereocenters. The molecule has 0 radical (unpaired) electrons. The first-order valence-corrected chi connectivity index (χ1v) is 13.8. The molecule has 42 heavy (non-hydrogen) atoms. The van der Waals surface area contributed by atoms with Gasteiger partial charge >= 0.3 is 11.9 Å². The van der Waals surface area contributed by atoms with E-state index in [1.165, 1.54) is 11.7 Å². The number of nitrogens with zero attached hydrogens (tertiary/aromatic N) is 1. The Morgan fingerprint density at radius 2 is 1.48 bits per heavy atom. The number of carboxylic acids is 1. The number of amides is 1. The number of ether oxygens (including phenoxy) is 1. The highest BCUT2D eigenvalue weighted by Crippen LogP contribution is 2.32. The van der Waals surface area contributed by atoms with Crippen LogP contribution in [-0.2, 0) is 17.8 Å². The zero-order chi connectivity index (χ0) is 29.8. The predicted molar refractivity (Wildman–Crippen MR) is 163 cm³/mol. The Morgan fingerprint density at radius 1 is 0.833 bits per heavy atom. The number of carboxylic acid groups (broad SMARTS) is 1. The van der Waals surface area contributed by atoms with Crippen molar-refractivity contribution in [2.75, 3.05) is 7.11 Å². The van der Waals surface area contributed by atoms with Gasteiger partial charge in [0.25, 0.3) is 11.5 Å². The van der Waals surface area contributed by atoms with Crippen molar-refractivity contribution < 1.29 is 24.2 Å². The standard InChI is InChI=1S/C33H25BrN2O6/c1-42-33(41)24-13-7-20(8-14-24)18-35-30(37)23-11-9-21(10-12-23)19-36-29(32(39)40)28(22-5-3-2-4-6-22)27-17-25(34)15-16-26(27)31(36)38/h2-17H,18-19H2,1H3,(H,35,37)(H,39,40). The molecule has 1 heterocycles.